The van der Waals surface area contributed by atoms with E-state index in [1.165, 1.54) is 12.1 Å². The summed E-state index contributed by atoms with van der Waals surface area (Å²) in [7, 11) is 1.68. The highest BCUT2D eigenvalue weighted by atomic mass is 19.1. The van der Waals surface area contributed by atoms with Crippen molar-refractivity contribution in [2.45, 2.75) is 32.6 Å². The van der Waals surface area contributed by atoms with Crippen LogP contribution in [0, 0.1) is 18.6 Å². The van der Waals surface area contributed by atoms with Crippen molar-refractivity contribution in [3.63, 3.8) is 0 Å². The molecule has 1 aliphatic rings. The van der Waals surface area contributed by atoms with E-state index < -0.39 is 11.6 Å². The Morgan fingerprint density at radius 3 is 2.67 bits per heavy atom. The zero-order valence-corrected chi connectivity index (χ0v) is 14.0. The lowest BCUT2D eigenvalue weighted by Gasteiger charge is -2.17. The molecule has 24 heavy (non-hydrogen) atoms. The molecule has 128 valence electrons. The first-order chi connectivity index (χ1) is 11.6. The van der Waals surface area contributed by atoms with Gasteiger partial charge in [0.1, 0.15) is 11.6 Å². The highest BCUT2D eigenvalue weighted by molar-refractivity contribution is 6.03. The summed E-state index contributed by atoms with van der Waals surface area (Å²) in [5.41, 5.74) is 4.31. The number of fused-ring (bicyclic) bond motifs is 1. The van der Waals surface area contributed by atoms with Gasteiger partial charge in [0.05, 0.1) is 17.1 Å². The number of aromatic nitrogens is 2. The Labute approximate surface area is 140 Å². The van der Waals surface area contributed by atoms with E-state index in [0.717, 1.165) is 54.4 Å². The molecule has 0 fully saturated rings. The van der Waals surface area contributed by atoms with Gasteiger partial charge in [0, 0.05) is 37.6 Å². The number of hydrogen-bond donors (Lipinski definition) is 0. The van der Waals surface area contributed by atoms with Crippen molar-refractivity contribution in [3.05, 3.63) is 46.8 Å². The zero-order valence-electron chi connectivity index (χ0n) is 14.0. The predicted octanol–water partition coefficient (Wildman–Crippen LogP) is 3.62. The van der Waals surface area contributed by atoms with Gasteiger partial charge in [-0.25, -0.2) is 13.5 Å². The number of halogens is 2. The summed E-state index contributed by atoms with van der Waals surface area (Å²) >= 11 is 0. The van der Waals surface area contributed by atoms with E-state index in [1.54, 1.807) is 11.8 Å². The minimum absolute atomic E-state index is 0.414. The van der Waals surface area contributed by atoms with Crippen molar-refractivity contribution >= 4 is 5.71 Å². The molecule has 1 aliphatic carbocycles. The number of aliphatic imine (C=N–C) groups is 1. The normalized spacial score (nSPS) is 15.8. The largest absolute Gasteiger partial charge is 0.385 e. The van der Waals surface area contributed by atoms with Crippen molar-refractivity contribution < 1.29 is 13.5 Å². The van der Waals surface area contributed by atoms with Crippen LogP contribution in [0.1, 0.15) is 36.2 Å². The molecule has 0 amide bonds. The van der Waals surface area contributed by atoms with Crippen LogP contribution in [-0.4, -0.2) is 35.8 Å². The van der Waals surface area contributed by atoms with Gasteiger partial charge in [-0.1, -0.05) is 0 Å². The van der Waals surface area contributed by atoms with Crippen LogP contribution in [0.4, 0.5) is 8.78 Å². The lowest BCUT2D eigenvalue weighted by atomic mass is 9.93. The summed E-state index contributed by atoms with van der Waals surface area (Å²) in [5.74, 6) is -1.20. The first-order valence-corrected chi connectivity index (χ1v) is 8.17. The average molecular weight is 333 g/mol. The molecule has 3 rings (SSSR count). The molecule has 0 bridgehead atoms. The minimum Gasteiger partial charge on any atom is -0.385 e. The quantitative estimate of drug-likeness (QED) is 0.784. The molecule has 0 aliphatic heterocycles. The first-order valence-electron chi connectivity index (χ1n) is 8.17. The second-order valence-electron chi connectivity index (χ2n) is 5.97. The van der Waals surface area contributed by atoms with E-state index in [1.807, 2.05) is 6.92 Å². The van der Waals surface area contributed by atoms with Crippen LogP contribution in [0.5, 0.6) is 0 Å². The molecule has 0 saturated heterocycles. The Morgan fingerprint density at radius 1 is 1.21 bits per heavy atom. The Balaban J connectivity index is 1.98. The lowest BCUT2D eigenvalue weighted by molar-refractivity contribution is 0.197. The average Bonchev–Trinajstić information content (AvgIpc) is 2.89. The monoisotopic (exact) mass is 333 g/mol. The van der Waals surface area contributed by atoms with Gasteiger partial charge in [0.2, 0.25) is 0 Å². The zero-order chi connectivity index (χ0) is 17.1. The lowest BCUT2D eigenvalue weighted by Crippen LogP contribution is -2.15. The number of ether oxygens (including phenoxy) is 1. The molecule has 0 unspecified atom stereocenters. The smallest absolute Gasteiger partial charge is 0.128 e. The Kier molecular flexibility index (Phi) is 5.04. The van der Waals surface area contributed by atoms with Gasteiger partial charge >= 0.3 is 0 Å². The maximum Gasteiger partial charge on any atom is 0.128 e. The molecule has 0 N–H and O–H groups in total. The van der Waals surface area contributed by atoms with E-state index in [2.05, 4.69) is 5.10 Å². The maximum atomic E-state index is 13.6. The molecule has 0 atom stereocenters. The molecule has 1 heterocycles. The fourth-order valence-corrected chi connectivity index (χ4v) is 3.19. The summed E-state index contributed by atoms with van der Waals surface area (Å²) in [5, 5.41) is 4.52. The van der Waals surface area contributed by atoms with Crippen LogP contribution >= 0.6 is 0 Å². The van der Waals surface area contributed by atoms with Crippen LogP contribution in [0.2, 0.25) is 0 Å². The third-order valence-electron chi connectivity index (χ3n) is 4.17. The van der Waals surface area contributed by atoms with Gasteiger partial charge < -0.3 is 4.74 Å². The van der Waals surface area contributed by atoms with Gasteiger partial charge in [-0.05, 0) is 44.7 Å². The topological polar surface area (TPSA) is 39.4 Å². The van der Waals surface area contributed by atoms with Crippen LogP contribution in [-0.2, 0) is 11.2 Å². The maximum absolute atomic E-state index is 13.6. The van der Waals surface area contributed by atoms with E-state index in [9.17, 15) is 8.78 Å². The molecule has 1 aromatic heterocycles. The molecular formula is C18H21F2N3O. The summed E-state index contributed by atoms with van der Waals surface area (Å²) in [6.07, 6.45) is 3.56. The third kappa shape index (κ3) is 3.38. The summed E-state index contributed by atoms with van der Waals surface area (Å²) in [6.45, 7) is 3.31. The molecule has 0 radical (unpaired) electrons. The molecule has 6 heteroatoms. The minimum atomic E-state index is -0.601. The van der Waals surface area contributed by atoms with Crippen molar-refractivity contribution in [3.8, 4) is 5.69 Å². The van der Waals surface area contributed by atoms with E-state index in [4.69, 9.17) is 9.73 Å². The van der Waals surface area contributed by atoms with E-state index in [0.29, 0.717) is 18.8 Å². The van der Waals surface area contributed by atoms with Gasteiger partial charge in [0.15, 0.2) is 0 Å². The molecule has 1 aromatic carbocycles. The standard InChI is InChI=1S/C18H21F2N3O/c1-12-18-16(21-7-4-8-24-2)5-3-6-17(18)23(22-12)15-10-13(19)9-14(20)11-15/h9-11H,3-8H2,1-2H3. The van der Waals surface area contributed by atoms with Gasteiger partial charge in [-0.2, -0.15) is 5.10 Å². The summed E-state index contributed by atoms with van der Waals surface area (Å²) in [4.78, 5) is 4.70. The number of aryl methyl sites for hydroxylation is 1. The van der Waals surface area contributed by atoms with Gasteiger partial charge in [-0.15, -0.1) is 0 Å². The highest BCUT2D eigenvalue weighted by Gasteiger charge is 2.24. The highest BCUT2D eigenvalue weighted by Crippen LogP contribution is 2.27. The second kappa shape index (κ2) is 7.21. The number of benzene rings is 1. The van der Waals surface area contributed by atoms with E-state index in [-0.39, 0.29) is 0 Å². The van der Waals surface area contributed by atoms with Crippen LogP contribution in [0.25, 0.3) is 5.69 Å². The second-order valence-corrected chi connectivity index (χ2v) is 5.97. The number of hydrogen-bond acceptors (Lipinski definition) is 3. The fourth-order valence-electron chi connectivity index (χ4n) is 3.19. The van der Waals surface area contributed by atoms with E-state index >= 15 is 0 Å². The van der Waals surface area contributed by atoms with Crippen LogP contribution in [0.15, 0.2) is 23.2 Å². The third-order valence-corrected chi connectivity index (χ3v) is 4.17. The fraction of sp³-hybridized carbons (Fsp3) is 0.444. The first kappa shape index (κ1) is 16.8. The van der Waals surface area contributed by atoms with Crippen molar-refractivity contribution in [1.29, 1.82) is 0 Å². The number of methoxy groups -OCH3 is 1. The molecular weight excluding hydrogens is 312 g/mol. The number of nitrogens with zero attached hydrogens (tertiary/aromatic N) is 3. The van der Waals surface area contributed by atoms with Gasteiger partial charge in [0.25, 0.3) is 0 Å². The van der Waals surface area contributed by atoms with Crippen molar-refractivity contribution in [2.24, 2.45) is 4.99 Å². The molecule has 2 aromatic rings. The Bertz CT molecular complexity index is 748. The summed E-state index contributed by atoms with van der Waals surface area (Å²) < 4.78 is 33.8. The SMILES string of the molecule is COCCCN=C1CCCc2c1c(C)nn2-c1cc(F)cc(F)c1. The predicted molar refractivity (Wildman–Crippen MR) is 89.1 cm³/mol. The van der Waals surface area contributed by atoms with Crippen LogP contribution in [0.3, 0.4) is 0 Å². The Hall–Kier alpha value is -2.08. The van der Waals surface area contributed by atoms with Crippen LogP contribution < -0.4 is 0 Å². The molecule has 0 saturated carbocycles. The molecule has 0 spiro atoms. The Morgan fingerprint density at radius 2 is 1.96 bits per heavy atom. The van der Waals surface area contributed by atoms with Crippen molar-refractivity contribution in [2.75, 3.05) is 20.3 Å². The number of rotatable bonds is 5. The van der Waals surface area contributed by atoms with Gasteiger partial charge in [-0.3, -0.25) is 4.99 Å². The van der Waals surface area contributed by atoms with Crippen molar-refractivity contribution in [1.82, 2.24) is 9.78 Å². The molecule has 4 nitrogen and oxygen atoms in total. The summed E-state index contributed by atoms with van der Waals surface area (Å²) in [6, 6.07) is 3.48.